The van der Waals surface area contributed by atoms with Crippen molar-refractivity contribution in [3.05, 3.63) is 0 Å². The molecule has 0 heterocycles. The molecule has 0 aromatic rings. The van der Waals surface area contributed by atoms with Gasteiger partial charge >= 0.3 is 5.97 Å². The van der Waals surface area contributed by atoms with E-state index in [1.807, 2.05) is 6.92 Å². The summed E-state index contributed by atoms with van der Waals surface area (Å²) in [6.45, 7) is 3.68. The number of carbonyl (C=O) groups is 2. The number of hydrogen-bond donors (Lipinski definition) is 2. The number of ether oxygens (including phenoxy) is 2. The van der Waals surface area contributed by atoms with Crippen LogP contribution in [0.15, 0.2) is 0 Å². The predicted molar refractivity (Wildman–Crippen MR) is 66.4 cm³/mol. The number of amides is 1. The molecule has 0 aliphatic carbocycles. The second-order valence-corrected chi connectivity index (χ2v) is 4.06. The van der Waals surface area contributed by atoms with E-state index in [9.17, 15) is 9.59 Å². The molecule has 6 heteroatoms. The van der Waals surface area contributed by atoms with Crippen LogP contribution in [0.3, 0.4) is 0 Å². The lowest BCUT2D eigenvalue weighted by Gasteiger charge is -2.12. The van der Waals surface area contributed by atoms with Gasteiger partial charge in [-0.05, 0) is 19.8 Å². The molecule has 0 bridgehead atoms. The SMILES string of the molecule is COCCOC(C)CCCNC(=O)CCC(=O)O. The van der Waals surface area contributed by atoms with Gasteiger partial charge in [-0.1, -0.05) is 0 Å². The van der Waals surface area contributed by atoms with E-state index in [2.05, 4.69) is 5.32 Å². The Balaban J connectivity index is 3.37. The molecule has 0 spiro atoms. The highest BCUT2D eigenvalue weighted by Crippen LogP contribution is 2.00. The van der Waals surface area contributed by atoms with Crippen LogP contribution in [0.5, 0.6) is 0 Å². The maximum absolute atomic E-state index is 11.2. The minimum atomic E-state index is -0.953. The molecule has 1 unspecified atom stereocenters. The second kappa shape index (κ2) is 11.0. The smallest absolute Gasteiger partial charge is 0.303 e. The molecule has 0 aliphatic rings. The molecule has 1 amide bonds. The van der Waals surface area contributed by atoms with Crippen LogP contribution in [-0.2, 0) is 19.1 Å². The Kier molecular flexibility index (Phi) is 10.3. The molecule has 18 heavy (non-hydrogen) atoms. The number of carboxylic acid groups (broad SMARTS) is 1. The quantitative estimate of drug-likeness (QED) is 0.537. The number of methoxy groups -OCH3 is 1. The van der Waals surface area contributed by atoms with Crippen LogP contribution < -0.4 is 5.32 Å². The Bertz CT molecular complexity index is 245. The van der Waals surface area contributed by atoms with Crippen molar-refractivity contribution >= 4 is 11.9 Å². The average Bonchev–Trinajstić information content (AvgIpc) is 2.32. The molecule has 0 fully saturated rings. The average molecular weight is 261 g/mol. The molecule has 0 saturated carbocycles. The Morgan fingerprint density at radius 2 is 2.00 bits per heavy atom. The normalized spacial score (nSPS) is 12.1. The summed E-state index contributed by atoms with van der Waals surface area (Å²) >= 11 is 0. The van der Waals surface area contributed by atoms with Crippen molar-refractivity contribution in [1.29, 1.82) is 0 Å². The summed E-state index contributed by atoms with van der Waals surface area (Å²) in [6.07, 6.45) is 1.71. The van der Waals surface area contributed by atoms with Crippen molar-refractivity contribution in [3.8, 4) is 0 Å². The zero-order chi connectivity index (χ0) is 13.8. The summed E-state index contributed by atoms with van der Waals surface area (Å²) in [7, 11) is 1.63. The van der Waals surface area contributed by atoms with Crippen LogP contribution in [0.2, 0.25) is 0 Å². The van der Waals surface area contributed by atoms with Gasteiger partial charge in [0.1, 0.15) is 0 Å². The van der Waals surface area contributed by atoms with E-state index in [1.165, 1.54) is 0 Å². The van der Waals surface area contributed by atoms with E-state index in [1.54, 1.807) is 7.11 Å². The monoisotopic (exact) mass is 261 g/mol. The van der Waals surface area contributed by atoms with Crippen molar-refractivity contribution in [2.75, 3.05) is 26.9 Å². The first-order valence-corrected chi connectivity index (χ1v) is 6.15. The molecule has 0 saturated heterocycles. The lowest BCUT2D eigenvalue weighted by atomic mass is 10.2. The zero-order valence-electron chi connectivity index (χ0n) is 11.1. The maximum Gasteiger partial charge on any atom is 0.303 e. The number of nitrogens with one attached hydrogen (secondary N) is 1. The highest BCUT2D eigenvalue weighted by molar-refractivity contribution is 5.80. The molecule has 2 N–H and O–H groups in total. The van der Waals surface area contributed by atoms with E-state index in [0.717, 1.165) is 12.8 Å². The van der Waals surface area contributed by atoms with Gasteiger partial charge < -0.3 is 19.9 Å². The largest absolute Gasteiger partial charge is 0.481 e. The zero-order valence-corrected chi connectivity index (χ0v) is 11.1. The van der Waals surface area contributed by atoms with Crippen LogP contribution in [-0.4, -0.2) is 50.0 Å². The van der Waals surface area contributed by atoms with Gasteiger partial charge in [-0.15, -0.1) is 0 Å². The Morgan fingerprint density at radius 3 is 2.61 bits per heavy atom. The molecule has 0 aromatic carbocycles. The molecule has 0 rings (SSSR count). The number of hydrogen-bond acceptors (Lipinski definition) is 4. The summed E-state index contributed by atoms with van der Waals surface area (Å²) in [5.74, 6) is -1.17. The molecule has 1 atom stereocenters. The Morgan fingerprint density at radius 1 is 1.28 bits per heavy atom. The van der Waals surface area contributed by atoms with E-state index in [0.29, 0.717) is 19.8 Å². The third-order valence-electron chi connectivity index (χ3n) is 2.37. The van der Waals surface area contributed by atoms with Crippen LogP contribution >= 0.6 is 0 Å². The fraction of sp³-hybridized carbons (Fsp3) is 0.833. The van der Waals surface area contributed by atoms with Gasteiger partial charge in [-0.25, -0.2) is 0 Å². The fourth-order valence-corrected chi connectivity index (χ4v) is 1.34. The Labute approximate surface area is 108 Å². The third kappa shape index (κ3) is 11.3. The van der Waals surface area contributed by atoms with Crippen molar-refractivity contribution in [2.45, 2.75) is 38.7 Å². The van der Waals surface area contributed by atoms with Gasteiger partial charge in [0.25, 0.3) is 0 Å². The van der Waals surface area contributed by atoms with E-state index in [-0.39, 0.29) is 24.9 Å². The molecule has 0 aliphatic heterocycles. The first kappa shape index (κ1) is 16.9. The van der Waals surface area contributed by atoms with Gasteiger partial charge in [-0.3, -0.25) is 9.59 Å². The standard InChI is InChI=1S/C12H23NO5/c1-10(18-9-8-17-2)4-3-7-13-11(14)5-6-12(15)16/h10H,3-9H2,1-2H3,(H,13,14)(H,15,16). The predicted octanol–water partition coefficient (Wildman–Crippen LogP) is 0.799. The van der Waals surface area contributed by atoms with Crippen LogP contribution in [0.1, 0.15) is 32.6 Å². The van der Waals surface area contributed by atoms with Gasteiger partial charge in [0.2, 0.25) is 5.91 Å². The minimum absolute atomic E-state index is 0.0369. The number of carbonyl (C=O) groups excluding carboxylic acids is 1. The van der Waals surface area contributed by atoms with E-state index >= 15 is 0 Å². The summed E-state index contributed by atoms with van der Waals surface area (Å²) in [4.78, 5) is 21.4. The van der Waals surface area contributed by atoms with E-state index < -0.39 is 5.97 Å². The lowest BCUT2D eigenvalue weighted by Crippen LogP contribution is -2.25. The molecule has 0 aromatic heterocycles. The number of carboxylic acids is 1. The summed E-state index contributed by atoms with van der Waals surface area (Å²) in [5.41, 5.74) is 0. The summed E-state index contributed by atoms with van der Waals surface area (Å²) in [6, 6.07) is 0. The number of aliphatic carboxylic acids is 1. The first-order valence-electron chi connectivity index (χ1n) is 6.15. The van der Waals surface area contributed by atoms with Gasteiger partial charge in [-0.2, -0.15) is 0 Å². The highest BCUT2D eigenvalue weighted by Gasteiger charge is 2.05. The maximum atomic E-state index is 11.2. The van der Waals surface area contributed by atoms with E-state index in [4.69, 9.17) is 14.6 Å². The van der Waals surface area contributed by atoms with Crippen LogP contribution in [0.4, 0.5) is 0 Å². The van der Waals surface area contributed by atoms with Crippen molar-refractivity contribution in [2.24, 2.45) is 0 Å². The third-order valence-corrected chi connectivity index (χ3v) is 2.37. The summed E-state index contributed by atoms with van der Waals surface area (Å²) in [5, 5.41) is 11.1. The van der Waals surface area contributed by atoms with Crippen LogP contribution in [0, 0.1) is 0 Å². The first-order chi connectivity index (χ1) is 8.56. The minimum Gasteiger partial charge on any atom is -0.481 e. The molecule has 6 nitrogen and oxygen atoms in total. The molecular weight excluding hydrogens is 238 g/mol. The highest BCUT2D eigenvalue weighted by atomic mass is 16.5. The lowest BCUT2D eigenvalue weighted by molar-refractivity contribution is -0.138. The molecule has 0 radical (unpaired) electrons. The topological polar surface area (TPSA) is 84.9 Å². The second-order valence-electron chi connectivity index (χ2n) is 4.06. The Hall–Kier alpha value is -1.14. The van der Waals surface area contributed by atoms with Gasteiger partial charge in [0.15, 0.2) is 0 Å². The summed E-state index contributed by atoms with van der Waals surface area (Å²) < 4.78 is 10.3. The van der Waals surface area contributed by atoms with Crippen LogP contribution in [0.25, 0.3) is 0 Å². The molecular formula is C12H23NO5. The van der Waals surface area contributed by atoms with Crippen molar-refractivity contribution in [3.63, 3.8) is 0 Å². The molecule has 106 valence electrons. The van der Waals surface area contributed by atoms with Crippen molar-refractivity contribution < 1.29 is 24.2 Å². The van der Waals surface area contributed by atoms with Gasteiger partial charge in [0, 0.05) is 20.1 Å². The number of rotatable bonds is 11. The van der Waals surface area contributed by atoms with Gasteiger partial charge in [0.05, 0.1) is 25.7 Å². The fourth-order valence-electron chi connectivity index (χ4n) is 1.34. The van der Waals surface area contributed by atoms with Crippen molar-refractivity contribution in [1.82, 2.24) is 5.32 Å².